The molecule has 1 heterocycles. The first-order valence-corrected chi connectivity index (χ1v) is 3.89. The Morgan fingerprint density at radius 2 is 2.00 bits per heavy atom. The molecule has 0 unspecified atom stereocenters. The van der Waals surface area contributed by atoms with Crippen molar-refractivity contribution in [3.8, 4) is 11.8 Å². The summed E-state index contributed by atoms with van der Waals surface area (Å²) in [5.74, 6) is -1.48. The Kier molecular flexibility index (Phi) is 3.11. The first kappa shape index (κ1) is 10.1. The Balaban J connectivity index is 2.59. The number of rotatable bonds is 4. The van der Waals surface area contributed by atoms with Gasteiger partial charge in [0.1, 0.15) is 6.29 Å². The minimum absolute atomic E-state index is 0.0433. The summed E-state index contributed by atoms with van der Waals surface area (Å²) in [5.41, 5.74) is 0. The summed E-state index contributed by atoms with van der Waals surface area (Å²) in [4.78, 5) is 25.4. The molecule has 14 heavy (non-hydrogen) atoms. The second-order valence-electron chi connectivity index (χ2n) is 2.51. The molecule has 0 saturated carbocycles. The molecule has 0 aliphatic carbocycles. The third-order valence-corrected chi connectivity index (χ3v) is 1.46. The lowest BCUT2D eigenvalue weighted by atomic mass is 10.3. The van der Waals surface area contributed by atoms with Gasteiger partial charge in [-0.1, -0.05) is 0 Å². The molecule has 2 N–H and O–H groups in total. The Bertz CT molecular complexity index is 324. The number of aldehydes is 1. The molecule has 0 atom stereocenters. The molecule has 0 amide bonds. The van der Waals surface area contributed by atoms with Crippen molar-refractivity contribution < 1.29 is 24.6 Å². The zero-order valence-corrected chi connectivity index (χ0v) is 7.21. The van der Waals surface area contributed by atoms with E-state index >= 15 is 0 Å². The Morgan fingerprint density at radius 3 is 2.50 bits per heavy atom. The Labute approximate surface area is 79.3 Å². The molecule has 0 spiro atoms. The maximum Gasteiger partial charge on any atom is 0.333 e. The van der Waals surface area contributed by atoms with E-state index in [4.69, 9.17) is 10.2 Å². The molecule has 6 heteroatoms. The van der Waals surface area contributed by atoms with Crippen molar-refractivity contribution in [3.63, 3.8) is 0 Å². The van der Waals surface area contributed by atoms with Crippen LogP contribution in [0.3, 0.4) is 0 Å². The van der Waals surface area contributed by atoms with E-state index in [1.807, 2.05) is 0 Å². The van der Waals surface area contributed by atoms with Gasteiger partial charge < -0.3 is 19.8 Å². The summed E-state index contributed by atoms with van der Waals surface area (Å²) in [5, 5.41) is 18.1. The van der Waals surface area contributed by atoms with Crippen LogP contribution in [0.1, 0.15) is 12.8 Å². The molecule has 0 bridgehead atoms. The summed E-state index contributed by atoms with van der Waals surface area (Å²) in [6.07, 6.45) is 0.527. The van der Waals surface area contributed by atoms with Gasteiger partial charge in [0.2, 0.25) is 11.8 Å². The van der Waals surface area contributed by atoms with Gasteiger partial charge in [0, 0.05) is 18.6 Å². The number of carbonyl (C=O) groups is 2. The fraction of sp³-hybridized carbons (Fsp3) is 0.250. The highest BCUT2D eigenvalue weighted by atomic mass is 16.7. The van der Waals surface area contributed by atoms with Crippen molar-refractivity contribution in [1.82, 2.24) is 4.73 Å². The van der Waals surface area contributed by atoms with Crippen LogP contribution in [0.2, 0.25) is 0 Å². The van der Waals surface area contributed by atoms with Crippen LogP contribution in [0.25, 0.3) is 0 Å². The second kappa shape index (κ2) is 4.31. The SMILES string of the molecule is O=CCCC(=O)On1c(O)ccc1O. The number of aromatic hydroxyl groups is 2. The van der Waals surface area contributed by atoms with Gasteiger partial charge in [0.05, 0.1) is 6.42 Å². The zero-order chi connectivity index (χ0) is 10.6. The monoisotopic (exact) mass is 199 g/mol. The van der Waals surface area contributed by atoms with Crippen LogP contribution in [-0.4, -0.2) is 27.2 Å². The van der Waals surface area contributed by atoms with Crippen molar-refractivity contribution in [2.24, 2.45) is 0 Å². The summed E-state index contributed by atoms with van der Waals surface area (Å²) in [7, 11) is 0. The van der Waals surface area contributed by atoms with Crippen molar-refractivity contribution >= 4 is 12.3 Å². The van der Waals surface area contributed by atoms with E-state index in [9.17, 15) is 9.59 Å². The van der Waals surface area contributed by atoms with Gasteiger partial charge in [0.15, 0.2) is 0 Å². The van der Waals surface area contributed by atoms with E-state index in [1.54, 1.807) is 0 Å². The number of carbonyl (C=O) groups excluding carboxylic acids is 2. The topological polar surface area (TPSA) is 88.8 Å². The molecule has 1 aromatic rings. The normalized spacial score (nSPS) is 9.71. The van der Waals surface area contributed by atoms with E-state index in [0.29, 0.717) is 11.0 Å². The fourth-order valence-electron chi connectivity index (χ4n) is 0.820. The Hall–Kier alpha value is -1.98. The van der Waals surface area contributed by atoms with Gasteiger partial charge in [-0.2, -0.15) is 0 Å². The molecule has 0 radical (unpaired) electrons. The lowest BCUT2D eigenvalue weighted by molar-refractivity contribution is -0.146. The molecule has 76 valence electrons. The van der Waals surface area contributed by atoms with Crippen LogP contribution in [0.5, 0.6) is 11.8 Å². The van der Waals surface area contributed by atoms with Gasteiger partial charge in [-0.3, -0.25) is 0 Å². The highest BCUT2D eigenvalue weighted by Gasteiger charge is 2.11. The van der Waals surface area contributed by atoms with Gasteiger partial charge in [-0.15, -0.1) is 4.73 Å². The summed E-state index contributed by atoms with van der Waals surface area (Å²) in [6.45, 7) is 0. The van der Waals surface area contributed by atoms with Crippen molar-refractivity contribution in [2.45, 2.75) is 12.8 Å². The average Bonchev–Trinajstić information content (AvgIpc) is 2.46. The first-order valence-electron chi connectivity index (χ1n) is 3.89. The molecular weight excluding hydrogens is 190 g/mol. The third-order valence-electron chi connectivity index (χ3n) is 1.46. The zero-order valence-electron chi connectivity index (χ0n) is 7.21. The number of nitrogens with zero attached hydrogens (tertiary/aromatic N) is 1. The van der Waals surface area contributed by atoms with E-state index in [-0.39, 0.29) is 24.6 Å². The summed E-state index contributed by atoms with van der Waals surface area (Å²) >= 11 is 0. The highest BCUT2D eigenvalue weighted by Crippen LogP contribution is 2.18. The van der Waals surface area contributed by atoms with E-state index in [1.165, 1.54) is 12.1 Å². The van der Waals surface area contributed by atoms with Crippen LogP contribution in [0.4, 0.5) is 0 Å². The van der Waals surface area contributed by atoms with Gasteiger partial charge in [-0.25, -0.2) is 4.79 Å². The fourth-order valence-corrected chi connectivity index (χ4v) is 0.820. The molecule has 1 rings (SSSR count). The predicted molar refractivity (Wildman–Crippen MR) is 44.6 cm³/mol. The molecule has 0 aliphatic rings. The van der Waals surface area contributed by atoms with Crippen molar-refractivity contribution in [1.29, 1.82) is 0 Å². The largest absolute Gasteiger partial charge is 0.492 e. The molecule has 0 fully saturated rings. The van der Waals surface area contributed by atoms with E-state index in [0.717, 1.165) is 0 Å². The standard InChI is InChI=1S/C8H9NO5/c10-5-1-2-8(13)14-9-6(11)3-4-7(9)12/h3-5,11-12H,1-2H2. The second-order valence-corrected chi connectivity index (χ2v) is 2.51. The maximum atomic E-state index is 10.9. The van der Waals surface area contributed by atoms with Crippen LogP contribution in [0, 0.1) is 0 Å². The van der Waals surface area contributed by atoms with Gasteiger partial charge >= 0.3 is 5.97 Å². The lowest BCUT2D eigenvalue weighted by Crippen LogP contribution is -2.18. The highest BCUT2D eigenvalue weighted by molar-refractivity contribution is 5.72. The maximum absolute atomic E-state index is 10.9. The Morgan fingerprint density at radius 1 is 1.43 bits per heavy atom. The molecule has 0 aliphatic heterocycles. The summed E-state index contributed by atoms with van der Waals surface area (Å²) in [6, 6.07) is 2.34. The minimum atomic E-state index is -0.709. The lowest BCUT2D eigenvalue weighted by Gasteiger charge is -2.05. The van der Waals surface area contributed by atoms with E-state index < -0.39 is 5.97 Å². The number of hydrogen-bond donors (Lipinski definition) is 2. The van der Waals surface area contributed by atoms with Gasteiger partial charge in [-0.05, 0) is 0 Å². The first-order chi connectivity index (χ1) is 6.65. The van der Waals surface area contributed by atoms with Crippen LogP contribution < -0.4 is 4.84 Å². The quantitative estimate of drug-likeness (QED) is 0.657. The third kappa shape index (κ3) is 2.25. The van der Waals surface area contributed by atoms with Crippen molar-refractivity contribution in [3.05, 3.63) is 12.1 Å². The average molecular weight is 199 g/mol. The van der Waals surface area contributed by atoms with E-state index in [2.05, 4.69) is 4.84 Å². The molecule has 0 aromatic carbocycles. The van der Waals surface area contributed by atoms with Crippen LogP contribution in [-0.2, 0) is 9.59 Å². The molecule has 6 nitrogen and oxygen atoms in total. The molecule has 1 aromatic heterocycles. The number of hydrogen-bond acceptors (Lipinski definition) is 5. The minimum Gasteiger partial charge on any atom is -0.492 e. The van der Waals surface area contributed by atoms with Crippen LogP contribution in [0.15, 0.2) is 12.1 Å². The predicted octanol–water partition coefficient (Wildman–Crippen LogP) is -0.166. The summed E-state index contributed by atoms with van der Waals surface area (Å²) < 4.78 is 0.577. The molecular formula is C8H9NO5. The van der Waals surface area contributed by atoms with Crippen LogP contribution >= 0.6 is 0 Å². The smallest absolute Gasteiger partial charge is 0.333 e. The molecule has 0 saturated heterocycles. The van der Waals surface area contributed by atoms with Gasteiger partial charge in [0.25, 0.3) is 0 Å². The number of aromatic nitrogens is 1. The van der Waals surface area contributed by atoms with Crippen molar-refractivity contribution in [2.75, 3.05) is 0 Å².